The molecule has 1 aromatic carbocycles. The Morgan fingerprint density at radius 2 is 2.05 bits per heavy atom. The first-order chi connectivity index (χ1) is 9.17. The van der Waals surface area contributed by atoms with Crippen LogP contribution in [0.1, 0.15) is 18.9 Å². The Morgan fingerprint density at radius 1 is 1.40 bits per heavy atom. The number of carbonyl (C=O) groups is 1. The molecule has 0 saturated heterocycles. The highest BCUT2D eigenvalue weighted by molar-refractivity contribution is 6.31. The van der Waals surface area contributed by atoms with Gasteiger partial charge in [-0.1, -0.05) is 17.7 Å². The fourth-order valence-corrected chi connectivity index (χ4v) is 1.78. The molecule has 1 amide bonds. The quantitative estimate of drug-likeness (QED) is 0.874. The maximum Gasteiger partial charge on any atom is 0.390 e. The van der Waals surface area contributed by atoms with Crippen molar-refractivity contribution in [3.05, 3.63) is 28.8 Å². The third-order valence-corrected chi connectivity index (χ3v) is 2.86. The molecule has 7 heteroatoms. The Hall–Kier alpha value is -1.27. The molecule has 0 aromatic heterocycles. The Kier molecular flexibility index (Phi) is 5.83. The largest absolute Gasteiger partial charge is 0.390 e. The van der Waals surface area contributed by atoms with Crippen molar-refractivity contribution in [1.29, 1.82) is 0 Å². The molecular weight excluding hydrogens is 293 g/mol. The zero-order valence-electron chi connectivity index (χ0n) is 11.1. The van der Waals surface area contributed by atoms with Crippen LogP contribution in [0.15, 0.2) is 18.2 Å². The molecule has 0 aliphatic rings. The maximum absolute atomic E-state index is 12.1. The summed E-state index contributed by atoms with van der Waals surface area (Å²) in [5.74, 6) is -0.413. The minimum atomic E-state index is -4.24. The average molecular weight is 309 g/mol. The molecule has 0 spiro atoms. The van der Waals surface area contributed by atoms with Gasteiger partial charge in [-0.05, 0) is 31.5 Å². The van der Waals surface area contributed by atoms with E-state index in [4.69, 9.17) is 11.6 Å². The van der Waals surface area contributed by atoms with Crippen molar-refractivity contribution in [1.82, 2.24) is 5.32 Å². The molecule has 1 rings (SSSR count). The highest BCUT2D eigenvalue weighted by Gasteiger charge is 2.29. The van der Waals surface area contributed by atoms with Gasteiger partial charge in [0.1, 0.15) is 0 Å². The van der Waals surface area contributed by atoms with E-state index < -0.39 is 24.5 Å². The van der Waals surface area contributed by atoms with Crippen LogP contribution in [0, 0.1) is 6.92 Å². The topological polar surface area (TPSA) is 41.1 Å². The molecule has 0 radical (unpaired) electrons. The number of alkyl halides is 3. The van der Waals surface area contributed by atoms with E-state index in [0.29, 0.717) is 10.7 Å². The van der Waals surface area contributed by atoms with Crippen LogP contribution in [0.4, 0.5) is 18.9 Å². The summed E-state index contributed by atoms with van der Waals surface area (Å²) >= 11 is 5.81. The lowest BCUT2D eigenvalue weighted by Gasteiger charge is -2.16. The Labute approximate surface area is 120 Å². The standard InChI is InChI=1S/C13H16ClF3N2O/c1-8-3-4-10(14)5-11(8)19-12(20)7-18-9(2)6-13(15,16)17/h3-5,9,18H,6-7H2,1-2H3,(H,19,20). The molecular formula is C13H16ClF3N2O. The van der Waals surface area contributed by atoms with Crippen LogP contribution in [-0.4, -0.2) is 24.7 Å². The number of rotatable bonds is 5. The van der Waals surface area contributed by atoms with Crippen molar-refractivity contribution < 1.29 is 18.0 Å². The third kappa shape index (κ3) is 6.25. The Balaban J connectivity index is 2.46. The summed E-state index contributed by atoms with van der Waals surface area (Å²) in [6, 6.07) is 4.21. The normalized spacial score (nSPS) is 13.1. The molecule has 0 bridgehead atoms. The molecule has 0 fully saturated rings. The molecule has 2 N–H and O–H groups in total. The third-order valence-electron chi connectivity index (χ3n) is 2.62. The number of anilines is 1. The molecule has 112 valence electrons. The first kappa shape index (κ1) is 16.8. The lowest BCUT2D eigenvalue weighted by Crippen LogP contribution is -2.37. The second kappa shape index (κ2) is 6.95. The summed E-state index contributed by atoms with van der Waals surface area (Å²) in [7, 11) is 0. The van der Waals surface area contributed by atoms with Gasteiger partial charge in [0.25, 0.3) is 0 Å². The average Bonchev–Trinajstić information content (AvgIpc) is 2.29. The van der Waals surface area contributed by atoms with Crippen molar-refractivity contribution in [2.45, 2.75) is 32.5 Å². The Bertz CT molecular complexity index is 477. The second-order valence-electron chi connectivity index (χ2n) is 4.61. The van der Waals surface area contributed by atoms with E-state index >= 15 is 0 Å². The van der Waals surface area contributed by atoms with Gasteiger partial charge in [0.2, 0.25) is 5.91 Å². The van der Waals surface area contributed by atoms with Gasteiger partial charge >= 0.3 is 6.18 Å². The van der Waals surface area contributed by atoms with Gasteiger partial charge in [0.05, 0.1) is 13.0 Å². The lowest BCUT2D eigenvalue weighted by atomic mass is 10.2. The highest BCUT2D eigenvalue weighted by Crippen LogP contribution is 2.21. The van der Waals surface area contributed by atoms with E-state index in [0.717, 1.165) is 5.56 Å². The first-order valence-corrected chi connectivity index (χ1v) is 6.41. The lowest BCUT2D eigenvalue weighted by molar-refractivity contribution is -0.139. The molecule has 3 nitrogen and oxygen atoms in total. The Morgan fingerprint density at radius 3 is 2.65 bits per heavy atom. The number of amides is 1. The van der Waals surface area contributed by atoms with E-state index in [1.807, 2.05) is 0 Å². The van der Waals surface area contributed by atoms with E-state index in [-0.39, 0.29) is 6.54 Å². The molecule has 1 unspecified atom stereocenters. The highest BCUT2D eigenvalue weighted by atomic mass is 35.5. The van der Waals surface area contributed by atoms with Crippen LogP contribution < -0.4 is 10.6 Å². The molecule has 0 heterocycles. The van der Waals surface area contributed by atoms with Crippen LogP contribution in [0.2, 0.25) is 5.02 Å². The minimum Gasteiger partial charge on any atom is -0.325 e. The van der Waals surface area contributed by atoms with Gasteiger partial charge < -0.3 is 10.6 Å². The molecule has 20 heavy (non-hydrogen) atoms. The van der Waals surface area contributed by atoms with Gasteiger partial charge in [-0.2, -0.15) is 13.2 Å². The number of hydrogen-bond donors (Lipinski definition) is 2. The molecule has 0 saturated carbocycles. The number of hydrogen-bond acceptors (Lipinski definition) is 2. The first-order valence-electron chi connectivity index (χ1n) is 6.03. The maximum atomic E-state index is 12.1. The predicted molar refractivity (Wildman–Crippen MR) is 73.0 cm³/mol. The molecule has 1 atom stereocenters. The predicted octanol–water partition coefficient (Wildman–Crippen LogP) is 3.52. The monoisotopic (exact) mass is 308 g/mol. The summed E-state index contributed by atoms with van der Waals surface area (Å²) in [5, 5.41) is 5.61. The van der Waals surface area contributed by atoms with E-state index in [1.54, 1.807) is 25.1 Å². The van der Waals surface area contributed by atoms with Crippen LogP contribution in [0.3, 0.4) is 0 Å². The van der Waals surface area contributed by atoms with Crippen LogP contribution >= 0.6 is 11.6 Å². The molecule has 0 aliphatic heterocycles. The van der Waals surface area contributed by atoms with Crippen molar-refractivity contribution in [3.8, 4) is 0 Å². The van der Waals surface area contributed by atoms with E-state index in [2.05, 4.69) is 10.6 Å². The number of aryl methyl sites for hydroxylation is 1. The molecule has 0 aliphatic carbocycles. The number of benzene rings is 1. The number of nitrogens with one attached hydrogen (secondary N) is 2. The molecule has 1 aromatic rings. The minimum absolute atomic E-state index is 0.191. The fourth-order valence-electron chi connectivity index (χ4n) is 1.61. The number of carbonyl (C=O) groups excluding carboxylic acids is 1. The van der Waals surface area contributed by atoms with Crippen LogP contribution in [0.25, 0.3) is 0 Å². The zero-order chi connectivity index (χ0) is 15.3. The van der Waals surface area contributed by atoms with Crippen molar-refractivity contribution in [2.75, 3.05) is 11.9 Å². The summed E-state index contributed by atoms with van der Waals surface area (Å²) in [5.41, 5.74) is 1.37. The second-order valence-corrected chi connectivity index (χ2v) is 5.05. The number of halogens is 4. The zero-order valence-corrected chi connectivity index (χ0v) is 11.9. The smallest absolute Gasteiger partial charge is 0.325 e. The van der Waals surface area contributed by atoms with Gasteiger partial charge in [-0.15, -0.1) is 0 Å². The van der Waals surface area contributed by atoms with Crippen molar-refractivity contribution in [3.63, 3.8) is 0 Å². The van der Waals surface area contributed by atoms with Gasteiger partial charge in [-0.25, -0.2) is 0 Å². The summed E-state index contributed by atoms with van der Waals surface area (Å²) in [6.45, 7) is 2.99. The van der Waals surface area contributed by atoms with Gasteiger partial charge in [-0.3, -0.25) is 4.79 Å². The van der Waals surface area contributed by atoms with Crippen molar-refractivity contribution in [2.24, 2.45) is 0 Å². The van der Waals surface area contributed by atoms with E-state index in [9.17, 15) is 18.0 Å². The van der Waals surface area contributed by atoms with Gasteiger partial charge in [0, 0.05) is 16.8 Å². The summed E-state index contributed by atoms with van der Waals surface area (Å²) in [6.07, 6.45) is -5.22. The van der Waals surface area contributed by atoms with Gasteiger partial charge in [0.15, 0.2) is 0 Å². The van der Waals surface area contributed by atoms with Crippen molar-refractivity contribution >= 4 is 23.2 Å². The SMILES string of the molecule is Cc1ccc(Cl)cc1NC(=O)CNC(C)CC(F)(F)F. The van der Waals surface area contributed by atoms with E-state index in [1.165, 1.54) is 6.92 Å². The summed E-state index contributed by atoms with van der Waals surface area (Å²) < 4.78 is 36.4. The van der Waals surface area contributed by atoms with Crippen LogP contribution in [-0.2, 0) is 4.79 Å². The summed E-state index contributed by atoms with van der Waals surface area (Å²) in [4.78, 5) is 11.6. The van der Waals surface area contributed by atoms with Crippen LogP contribution in [0.5, 0.6) is 0 Å². The fraction of sp³-hybridized carbons (Fsp3) is 0.462.